The molecule has 0 saturated heterocycles. The molecular weight excluding hydrogens is 272 g/mol. The number of aryl methyl sites for hydroxylation is 3. The van der Waals surface area contributed by atoms with Gasteiger partial charge in [0.25, 0.3) is 0 Å². The van der Waals surface area contributed by atoms with E-state index in [9.17, 15) is 8.78 Å². The Kier molecular flexibility index (Phi) is 4.28. The van der Waals surface area contributed by atoms with Crippen LogP contribution in [-0.2, 0) is 0 Å². The molecule has 2 aromatic carbocycles. The summed E-state index contributed by atoms with van der Waals surface area (Å²) in [6.07, 6.45) is 0. The fraction of sp³-hybridized carbons (Fsp3) is 0.294. The highest BCUT2D eigenvalue weighted by Gasteiger charge is 2.22. The van der Waals surface area contributed by atoms with Gasteiger partial charge in [0, 0.05) is 5.56 Å². The molecule has 0 aliphatic carbocycles. The van der Waals surface area contributed by atoms with E-state index in [1.807, 2.05) is 26.0 Å². The monoisotopic (exact) mass is 291 g/mol. The normalized spacial score (nSPS) is 12.3. The quantitative estimate of drug-likeness (QED) is 0.929. The number of hydrogen-bond acceptors (Lipinski definition) is 2. The average molecular weight is 291 g/mol. The van der Waals surface area contributed by atoms with Gasteiger partial charge < -0.3 is 10.5 Å². The number of hydrogen-bond donors (Lipinski definition) is 1. The van der Waals surface area contributed by atoms with Gasteiger partial charge in [0.2, 0.25) is 0 Å². The largest absolute Gasteiger partial charge is 0.496 e. The predicted octanol–water partition coefficient (Wildman–Crippen LogP) is 3.95. The minimum absolute atomic E-state index is 0.0948. The zero-order valence-corrected chi connectivity index (χ0v) is 12.6. The van der Waals surface area contributed by atoms with Crippen LogP contribution in [-0.4, -0.2) is 7.11 Å². The van der Waals surface area contributed by atoms with E-state index in [1.165, 1.54) is 12.1 Å². The molecule has 0 aliphatic heterocycles. The highest BCUT2D eigenvalue weighted by Crippen LogP contribution is 2.31. The van der Waals surface area contributed by atoms with Gasteiger partial charge in [-0.1, -0.05) is 12.1 Å². The summed E-state index contributed by atoms with van der Waals surface area (Å²) in [5, 5.41) is 0. The number of methoxy groups -OCH3 is 1. The van der Waals surface area contributed by atoms with E-state index in [0.29, 0.717) is 11.1 Å². The topological polar surface area (TPSA) is 35.2 Å². The number of halogens is 2. The van der Waals surface area contributed by atoms with Crippen LogP contribution in [0.3, 0.4) is 0 Å². The SMILES string of the molecule is COc1cc(C)c(C(N)c2c(F)ccc(C)c2F)cc1C. The summed E-state index contributed by atoms with van der Waals surface area (Å²) >= 11 is 0. The van der Waals surface area contributed by atoms with E-state index in [2.05, 4.69) is 0 Å². The zero-order chi connectivity index (χ0) is 15.7. The minimum atomic E-state index is -0.852. The van der Waals surface area contributed by atoms with Crippen molar-refractivity contribution in [3.63, 3.8) is 0 Å². The van der Waals surface area contributed by atoms with Gasteiger partial charge in [-0.2, -0.15) is 0 Å². The molecule has 4 heteroatoms. The van der Waals surface area contributed by atoms with Crippen LogP contribution in [0.2, 0.25) is 0 Å². The molecule has 0 fully saturated rings. The maximum absolute atomic E-state index is 14.2. The fourth-order valence-electron chi connectivity index (χ4n) is 2.49. The Bertz CT molecular complexity index is 683. The minimum Gasteiger partial charge on any atom is -0.496 e. The Labute approximate surface area is 123 Å². The van der Waals surface area contributed by atoms with Crippen LogP contribution in [0.15, 0.2) is 24.3 Å². The second kappa shape index (κ2) is 5.82. The molecule has 0 aromatic heterocycles. The highest BCUT2D eigenvalue weighted by molar-refractivity contribution is 5.46. The number of nitrogens with two attached hydrogens (primary N) is 1. The lowest BCUT2D eigenvalue weighted by Crippen LogP contribution is -2.18. The molecule has 21 heavy (non-hydrogen) atoms. The van der Waals surface area contributed by atoms with Gasteiger partial charge >= 0.3 is 0 Å². The molecule has 0 aliphatic rings. The Morgan fingerprint density at radius 3 is 2.29 bits per heavy atom. The molecule has 0 radical (unpaired) electrons. The molecule has 2 rings (SSSR count). The summed E-state index contributed by atoms with van der Waals surface area (Å²) in [5.41, 5.74) is 8.82. The van der Waals surface area contributed by atoms with E-state index in [4.69, 9.17) is 10.5 Å². The third-order valence-electron chi connectivity index (χ3n) is 3.75. The molecule has 2 aromatic rings. The molecule has 0 heterocycles. The molecule has 2 N–H and O–H groups in total. The van der Waals surface area contributed by atoms with E-state index in [0.717, 1.165) is 16.9 Å². The van der Waals surface area contributed by atoms with Gasteiger partial charge in [-0.15, -0.1) is 0 Å². The second-order valence-electron chi connectivity index (χ2n) is 5.25. The zero-order valence-electron chi connectivity index (χ0n) is 12.6. The number of benzene rings is 2. The van der Waals surface area contributed by atoms with E-state index < -0.39 is 17.7 Å². The van der Waals surface area contributed by atoms with Gasteiger partial charge in [-0.25, -0.2) is 8.78 Å². The van der Waals surface area contributed by atoms with E-state index >= 15 is 0 Å². The maximum atomic E-state index is 14.2. The first-order chi connectivity index (χ1) is 9.86. The van der Waals surface area contributed by atoms with Crippen molar-refractivity contribution in [2.75, 3.05) is 7.11 Å². The first-order valence-electron chi connectivity index (χ1n) is 6.72. The Morgan fingerprint density at radius 1 is 1.00 bits per heavy atom. The number of rotatable bonds is 3. The summed E-state index contributed by atoms with van der Waals surface area (Å²) in [6, 6.07) is 5.46. The van der Waals surface area contributed by atoms with Crippen molar-refractivity contribution in [1.29, 1.82) is 0 Å². The van der Waals surface area contributed by atoms with Gasteiger partial charge in [-0.3, -0.25) is 0 Å². The molecule has 1 atom stereocenters. The average Bonchev–Trinajstić information content (AvgIpc) is 2.45. The van der Waals surface area contributed by atoms with Crippen LogP contribution in [0.5, 0.6) is 5.75 Å². The lowest BCUT2D eigenvalue weighted by molar-refractivity contribution is 0.411. The summed E-state index contributed by atoms with van der Waals surface area (Å²) in [5.74, 6) is -0.484. The second-order valence-corrected chi connectivity index (χ2v) is 5.25. The van der Waals surface area contributed by atoms with Crippen molar-refractivity contribution in [2.24, 2.45) is 5.73 Å². The Hall–Kier alpha value is -1.94. The van der Waals surface area contributed by atoms with Crippen molar-refractivity contribution >= 4 is 0 Å². The van der Waals surface area contributed by atoms with E-state index in [-0.39, 0.29) is 5.56 Å². The first kappa shape index (κ1) is 15.4. The highest BCUT2D eigenvalue weighted by atomic mass is 19.1. The Morgan fingerprint density at radius 2 is 1.67 bits per heavy atom. The molecular formula is C17H19F2NO. The lowest BCUT2D eigenvalue weighted by atomic mass is 9.92. The number of ether oxygens (including phenoxy) is 1. The summed E-state index contributed by atoms with van der Waals surface area (Å²) in [6.45, 7) is 5.32. The third-order valence-corrected chi connectivity index (χ3v) is 3.75. The Balaban J connectivity index is 2.58. The molecule has 1 unspecified atom stereocenters. The van der Waals surface area contributed by atoms with Crippen LogP contribution in [0.1, 0.15) is 33.9 Å². The van der Waals surface area contributed by atoms with Gasteiger partial charge in [0.1, 0.15) is 17.4 Å². The van der Waals surface area contributed by atoms with Crippen LogP contribution < -0.4 is 10.5 Å². The summed E-state index contributed by atoms with van der Waals surface area (Å²) in [7, 11) is 1.58. The molecule has 0 amide bonds. The molecule has 2 nitrogen and oxygen atoms in total. The lowest BCUT2D eigenvalue weighted by Gasteiger charge is -2.19. The van der Waals surface area contributed by atoms with Crippen molar-refractivity contribution < 1.29 is 13.5 Å². The van der Waals surface area contributed by atoms with Gasteiger partial charge in [0.15, 0.2) is 0 Å². The van der Waals surface area contributed by atoms with Crippen LogP contribution in [0.4, 0.5) is 8.78 Å². The predicted molar refractivity (Wildman–Crippen MR) is 79.6 cm³/mol. The summed E-state index contributed by atoms with van der Waals surface area (Å²) < 4.78 is 33.5. The van der Waals surface area contributed by atoms with Crippen LogP contribution in [0.25, 0.3) is 0 Å². The van der Waals surface area contributed by atoms with Gasteiger partial charge in [0.05, 0.1) is 13.2 Å². The fourth-order valence-corrected chi connectivity index (χ4v) is 2.49. The third kappa shape index (κ3) is 2.76. The standard InChI is InChI=1S/C17H19F2NO/c1-9-5-6-13(18)15(16(9)19)17(20)12-7-11(3)14(21-4)8-10(12)2/h5-8,17H,20H2,1-4H3. The van der Waals surface area contributed by atoms with E-state index in [1.54, 1.807) is 14.0 Å². The van der Waals surface area contributed by atoms with Crippen molar-refractivity contribution in [3.8, 4) is 5.75 Å². The first-order valence-corrected chi connectivity index (χ1v) is 6.72. The molecule has 112 valence electrons. The smallest absolute Gasteiger partial charge is 0.134 e. The van der Waals surface area contributed by atoms with Crippen molar-refractivity contribution in [2.45, 2.75) is 26.8 Å². The maximum Gasteiger partial charge on any atom is 0.134 e. The van der Waals surface area contributed by atoms with Gasteiger partial charge in [-0.05, 0) is 55.2 Å². The van der Waals surface area contributed by atoms with Crippen LogP contribution >= 0.6 is 0 Å². The van der Waals surface area contributed by atoms with Crippen molar-refractivity contribution in [3.05, 3.63) is 63.7 Å². The summed E-state index contributed by atoms with van der Waals surface area (Å²) in [4.78, 5) is 0. The molecule has 0 saturated carbocycles. The molecule has 0 bridgehead atoms. The van der Waals surface area contributed by atoms with Crippen molar-refractivity contribution in [1.82, 2.24) is 0 Å². The molecule has 0 spiro atoms. The van der Waals surface area contributed by atoms with Crippen LogP contribution in [0, 0.1) is 32.4 Å².